The lowest BCUT2D eigenvalue weighted by Gasteiger charge is -2.52. The molecule has 0 saturated carbocycles. The van der Waals surface area contributed by atoms with Crippen LogP contribution in [0.5, 0.6) is 5.75 Å². The maximum absolute atomic E-state index is 12.6. The summed E-state index contributed by atoms with van der Waals surface area (Å²) in [6, 6.07) is 7.09. The van der Waals surface area contributed by atoms with Crippen molar-refractivity contribution in [3.63, 3.8) is 0 Å². The Morgan fingerprint density at radius 3 is 2.20 bits per heavy atom. The molecule has 0 unspecified atom stereocenters. The lowest BCUT2D eigenvalue weighted by Crippen LogP contribution is -2.61. The Balaban J connectivity index is 2.48. The Kier molecular flexibility index (Phi) is 3.34. The van der Waals surface area contributed by atoms with Gasteiger partial charge in [-0.1, -0.05) is 0 Å². The molecule has 20 heavy (non-hydrogen) atoms. The molecular formula is C15H20N2O3. The smallest absolute Gasteiger partial charge is 0.244 e. The van der Waals surface area contributed by atoms with Crippen LogP contribution in [0.3, 0.4) is 0 Å². The summed E-state index contributed by atoms with van der Waals surface area (Å²) < 4.78 is 5.96. The molecule has 0 aromatic heterocycles. The summed E-state index contributed by atoms with van der Waals surface area (Å²) in [5.74, 6) is 0.709. The molecule has 0 N–H and O–H groups in total. The number of nitroso groups, excluding NO2 is 1. The fourth-order valence-corrected chi connectivity index (χ4v) is 2.10. The Hall–Kier alpha value is -1.88. The van der Waals surface area contributed by atoms with Gasteiger partial charge in [0.2, 0.25) is 11.7 Å². The summed E-state index contributed by atoms with van der Waals surface area (Å²) in [5.41, 5.74) is -0.569. The van der Waals surface area contributed by atoms with Crippen LogP contribution >= 0.6 is 0 Å². The summed E-state index contributed by atoms with van der Waals surface area (Å²) in [7, 11) is 1.58. The number of ether oxygens (including phenoxy) is 1. The fourth-order valence-electron chi connectivity index (χ4n) is 2.10. The molecule has 0 atom stereocenters. The van der Waals surface area contributed by atoms with Crippen LogP contribution in [0.15, 0.2) is 30.5 Å². The standard InChI is InChI=1S/C15H20N2O3/c1-14(2)15(3,4)17(19)13(10-16(14)18)11-6-8-12(20-5)9-7-11/h6-10H,1-5H3. The molecule has 5 nitrogen and oxygen atoms in total. The van der Waals surface area contributed by atoms with E-state index in [0.29, 0.717) is 17.0 Å². The summed E-state index contributed by atoms with van der Waals surface area (Å²) in [4.78, 5) is 12.2. The zero-order valence-electron chi connectivity index (χ0n) is 12.5. The molecule has 0 amide bonds. The van der Waals surface area contributed by atoms with Crippen molar-refractivity contribution in [2.45, 2.75) is 38.8 Å². The Morgan fingerprint density at radius 2 is 1.70 bits per heavy atom. The number of hydroxylamine groups is 2. The molecule has 1 aromatic carbocycles. The maximum atomic E-state index is 12.6. The van der Waals surface area contributed by atoms with Gasteiger partial charge in [-0.2, -0.15) is 0 Å². The van der Waals surface area contributed by atoms with Crippen LogP contribution in [0.2, 0.25) is 0 Å². The van der Waals surface area contributed by atoms with Crippen LogP contribution in [0, 0.1) is 10.1 Å². The van der Waals surface area contributed by atoms with Gasteiger partial charge in [0.05, 0.1) is 12.6 Å². The number of rotatable bonds is 2. The molecular weight excluding hydrogens is 256 g/mol. The largest absolute Gasteiger partial charge is 0.758 e. The van der Waals surface area contributed by atoms with Crippen molar-refractivity contribution in [1.29, 1.82) is 0 Å². The van der Waals surface area contributed by atoms with Gasteiger partial charge in [-0.05, 0) is 38.1 Å². The number of hydrogen-bond donors (Lipinski definition) is 0. The van der Waals surface area contributed by atoms with Gasteiger partial charge in [-0.15, -0.1) is 0 Å². The van der Waals surface area contributed by atoms with Crippen molar-refractivity contribution in [2.75, 3.05) is 7.11 Å². The van der Waals surface area contributed by atoms with Crippen molar-refractivity contribution in [3.8, 4) is 5.75 Å². The van der Waals surface area contributed by atoms with Crippen molar-refractivity contribution in [2.24, 2.45) is 0 Å². The molecule has 5 heteroatoms. The molecule has 0 fully saturated rings. The first-order valence-corrected chi connectivity index (χ1v) is 6.52. The van der Waals surface area contributed by atoms with Gasteiger partial charge in [-0.25, -0.2) is 0 Å². The predicted octanol–water partition coefficient (Wildman–Crippen LogP) is 3.14. The number of benzene rings is 1. The molecule has 1 heterocycles. The minimum absolute atomic E-state index is 0.368. The minimum Gasteiger partial charge on any atom is -0.758 e. The van der Waals surface area contributed by atoms with Crippen LogP contribution in [0.4, 0.5) is 0 Å². The highest BCUT2D eigenvalue weighted by Crippen LogP contribution is 2.40. The highest BCUT2D eigenvalue weighted by atomic mass is 16.5. The summed E-state index contributed by atoms with van der Waals surface area (Å²) in [5, 5.41) is 13.5. The topological polar surface area (TPSA) is 55.6 Å². The molecule has 108 valence electrons. The van der Waals surface area contributed by atoms with Gasteiger partial charge >= 0.3 is 0 Å². The van der Waals surface area contributed by atoms with E-state index in [1.807, 2.05) is 0 Å². The molecule has 0 saturated heterocycles. The second-order valence-electron chi connectivity index (χ2n) is 5.98. The monoisotopic (exact) mass is 276 g/mol. The average molecular weight is 276 g/mol. The molecule has 1 aliphatic heterocycles. The van der Waals surface area contributed by atoms with E-state index in [4.69, 9.17) is 4.74 Å². The van der Waals surface area contributed by atoms with E-state index < -0.39 is 11.1 Å². The summed E-state index contributed by atoms with van der Waals surface area (Å²) in [6.07, 6.45) is 1.36. The van der Waals surface area contributed by atoms with Crippen molar-refractivity contribution >= 4 is 5.70 Å². The van der Waals surface area contributed by atoms with E-state index in [-0.39, 0.29) is 0 Å². The Labute approximate surface area is 119 Å². The van der Waals surface area contributed by atoms with Gasteiger partial charge in [0.15, 0.2) is 0 Å². The Morgan fingerprint density at radius 1 is 1.15 bits per heavy atom. The lowest BCUT2D eigenvalue weighted by atomic mass is 9.80. The predicted molar refractivity (Wildman–Crippen MR) is 78.0 cm³/mol. The van der Waals surface area contributed by atoms with Gasteiger partial charge in [0.25, 0.3) is 0 Å². The van der Waals surface area contributed by atoms with E-state index in [9.17, 15) is 10.1 Å². The van der Waals surface area contributed by atoms with E-state index in [1.54, 1.807) is 59.1 Å². The van der Waals surface area contributed by atoms with Gasteiger partial charge in [0, 0.05) is 29.1 Å². The van der Waals surface area contributed by atoms with Gasteiger partial charge in [0.1, 0.15) is 11.4 Å². The van der Waals surface area contributed by atoms with E-state index in [0.717, 1.165) is 9.82 Å². The first-order chi connectivity index (χ1) is 9.21. The normalized spacial score (nSPS) is 20.6. The van der Waals surface area contributed by atoms with Crippen LogP contribution in [0.1, 0.15) is 33.3 Å². The first-order valence-electron chi connectivity index (χ1n) is 6.52. The van der Waals surface area contributed by atoms with E-state index in [1.165, 1.54) is 6.20 Å². The third-order valence-corrected chi connectivity index (χ3v) is 4.40. The second-order valence-corrected chi connectivity index (χ2v) is 5.98. The molecule has 0 spiro atoms. The highest BCUT2D eigenvalue weighted by molar-refractivity contribution is 5.65. The zero-order chi connectivity index (χ0) is 15.1. The average Bonchev–Trinajstić information content (AvgIpc) is 2.42. The van der Waals surface area contributed by atoms with Crippen molar-refractivity contribution in [3.05, 3.63) is 46.1 Å². The molecule has 1 aromatic rings. The van der Waals surface area contributed by atoms with Crippen LogP contribution in [0.25, 0.3) is 5.70 Å². The molecule has 0 bridgehead atoms. The molecule has 0 aliphatic carbocycles. The van der Waals surface area contributed by atoms with E-state index in [2.05, 4.69) is 0 Å². The Bertz CT molecular complexity index is 559. The number of hydrogen-bond acceptors (Lipinski definition) is 4. The second kappa shape index (κ2) is 4.59. The van der Waals surface area contributed by atoms with Crippen LogP contribution < -0.4 is 4.74 Å². The number of methoxy groups -OCH3 is 1. The fraction of sp³-hybridized carbons (Fsp3) is 0.467. The third kappa shape index (κ3) is 1.98. The first kappa shape index (κ1) is 14.5. The van der Waals surface area contributed by atoms with Gasteiger partial charge < -0.3 is 15.0 Å². The quantitative estimate of drug-likeness (QED) is 0.779. The summed E-state index contributed by atoms with van der Waals surface area (Å²) >= 11 is 0. The lowest BCUT2D eigenvalue weighted by molar-refractivity contribution is -0.580. The van der Waals surface area contributed by atoms with Crippen molar-refractivity contribution < 1.29 is 9.50 Å². The maximum Gasteiger partial charge on any atom is 0.244 e. The van der Waals surface area contributed by atoms with Crippen LogP contribution in [-0.4, -0.2) is 28.0 Å². The third-order valence-electron chi connectivity index (χ3n) is 4.40. The summed E-state index contributed by atoms with van der Waals surface area (Å²) in [6.45, 7) is 7.10. The SMILES string of the molecule is COc1ccc(C2=C[N+](=O)C(C)(C)C(C)(C)N2[O-])cc1. The van der Waals surface area contributed by atoms with Crippen molar-refractivity contribution in [1.82, 2.24) is 5.06 Å². The highest BCUT2D eigenvalue weighted by Gasteiger charge is 2.54. The zero-order valence-corrected chi connectivity index (χ0v) is 12.5. The molecule has 0 radical (unpaired) electrons. The van der Waals surface area contributed by atoms with Crippen LogP contribution in [-0.2, 0) is 0 Å². The number of nitrogens with zero attached hydrogens (tertiary/aromatic N) is 2. The van der Waals surface area contributed by atoms with Gasteiger partial charge in [-0.3, -0.25) is 0 Å². The molecule has 2 rings (SSSR count). The minimum atomic E-state index is -0.835. The van der Waals surface area contributed by atoms with E-state index >= 15 is 0 Å². The molecule has 1 aliphatic rings.